The average Bonchev–Trinajstić information content (AvgIpc) is 2.87. The molecule has 1 aromatic heterocycles. The molecular formula is C19H25ClIOSSi. The average molecular weight is 492 g/mol. The van der Waals surface area contributed by atoms with E-state index in [4.69, 9.17) is 16.3 Å². The summed E-state index contributed by atoms with van der Waals surface area (Å²) in [5.41, 5.74) is 0. The highest BCUT2D eigenvalue weighted by Crippen LogP contribution is 2.36. The van der Waals surface area contributed by atoms with Crippen LogP contribution in [0, 0.1) is 0 Å². The van der Waals surface area contributed by atoms with Crippen LogP contribution in [0.15, 0.2) is 34.4 Å². The number of hydrogen-bond donors (Lipinski definition) is 0. The molecule has 24 heavy (non-hydrogen) atoms. The summed E-state index contributed by atoms with van der Waals surface area (Å²) in [6, 6.07) is 8.36. The molecule has 5 heteroatoms. The first-order chi connectivity index (χ1) is 11.3. The lowest BCUT2D eigenvalue weighted by molar-refractivity contribution is 0.0636. The Balaban J connectivity index is 2.01. The molecule has 1 aromatic carbocycles. The highest BCUT2D eigenvalue weighted by molar-refractivity contribution is 14.1. The second-order valence-corrected chi connectivity index (χ2v) is 12.5. The van der Waals surface area contributed by atoms with Gasteiger partial charge in [0.05, 0.1) is 19.9 Å². The van der Waals surface area contributed by atoms with Crippen LogP contribution in [0.5, 0.6) is 0 Å². The fraction of sp³-hybridized carbons (Fsp3) is 0.474. The van der Waals surface area contributed by atoms with Crippen molar-refractivity contribution in [3.05, 3.63) is 44.3 Å². The Kier molecular flexibility index (Phi) is 7.81. The molecular weight excluding hydrogens is 467 g/mol. The Labute approximate surface area is 170 Å². The molecule has 131 valence electrons. The molecule has 0 N–H and O–H groups in total. The molecule has 0 amide bonds. The molecule has 0 saturated carbocycles. The number of halogens is 2. The lowest BCUT2D eigenvalue weighted by Gasteiger charge is -2.29. The summed E-state index contributed by atoms with van der Waals surface area (Å²) in [7, 11) is -0.381. The van der Waals surface area contributed by atoms with E-state index in [0.717, 1.165) is 24.5 Å². The van der Waals surface area contributed by atoms with Crippen LogP contribution in [0.2, 0.25) is 23.2 Å². The van der Waals surface area contributed by atoms with E-state index in [2.05, 4.69) is 77.9 Å². The highest BCUT2D eigenvalue weighted by Gasteiger charge is 2.25. The lowest BCUT2D eigenvalue weighted by atomic mass is 10.1. The van der Waals surface area contributed by atoms with Crippen molar-refractivity contribution in [2.75, 3.05) is 6.61 Å². The van der Waals surface area contributed by atoms with Crippen molar-refractivity contribution in [1.29, 1.82) is 0 Å². The Morgan fingerprint density at radius 3 is 2.67 bits per heavy atom. The predicted molar refractivity (Wildman–Crippen MR) is 120 cm³/mol. The standard InChI is InChI=1S/C19H25ClIOSSi/c1-19(2,24(3)4)13-22-14(11-12-21)9-10-17-18(20)15-7-5-6-8-16(15)23-17/h5-8,11-12,14H,9-10,13H2,1-4H3/b12-11+. The number of rotatable bonds is 8. The van der Waals surface area contributed by atoms with Crippen LogP contribution in [0.3, 0.4) is 0 Å². The molecule has 0 spiro atoms. The summed E-state index contributed by atoms with van der Waals surface area (Å²) in [6.07, 6.45) is 4.25. The third-order valence-corrected chi connectivity index (χ3v) is 9.60. The fourth-order valence-corrected chi connectivity index (χ4v) is 4.65. The van der Waals surface area contributed by atoms with Crippen LogP contribution >= 0.6 is 45.5 Å². The van der Waals surface area contributed by atoms with Crippen LogP contribution in [-0.2, 0) is 11.2 Å². The maximum absolute atomic E-state index is 6.56. The van der Waals surface area contributed by atoms with Gasteiger partial charge in [-0.3, -0.25) is 0 Å². The normalized spacial score (nSPS) is 14.1. The Morgan fingerprint density at radius 1 is 1.33 bits per heavy atom. The van der Waals surface area contributed by atoms with Crippen molar-refractivity contribution in [1.82, 2.24) is 0 Å². The van der Waals surface area contributed by atoms with Gasteiger partial charge in [-0.25, -0.2) is 0 Å². The van der Waals surface area contributed by atoms with Gasteiger partial charge in [0.1, 0.15) is 0 Å². The van der Waals surface area contributed by atoms with Gasteiger partial charge >= 0.3 is 0 Å². The number of fused-ring (bicyclic) bond motifs is 1. The fourth-order valence-electron chi connectivity index (χ4n) is 2.27. The van der Waals surface area contributed by atoms with Gasteiger partial charge in [-0.05, 0) is 34.1 Å². The van der Waals surface area contributed by atoms with E-state index in [9.17, 15) is 0 Å². The SMILES string of the molecule is C[Si](C)C(C)(C)COC(/C=C/I)CCc1sc2ccccc2c1Cl. The monoisotopic (exact) mass is 491 g/mol. The Bertz CT molecular complexity index is 696. The van der Waals surface area contributed by atoms with Crippen molar-refractivity contribution in [3.8, 4) is 0 Å². The van der Waals surface area contributed by atoms with Gasteiger partial charge in [0.15, 0.2) is 0 Å². The van der Waals surface area contributed by atoms with Gasteiger partial charge in [0, 0.05) is 21.6 Å². The van der Waals surface area contributed by atoms with Gasteiger partial charge in [-0.15, -0.1) is 11.3 Å². The summed E-state index contributed by atoms with van der Waals surface area (Å²) in [5.74, 6) is 0. The van der Waals surface area contributed by atoms with Crippen molar-refractivity contribution in [2.45, 2.75) is 50.9 Å². The van der Waals surface area contributed by atoms with E-state index < -0.39 is 0 Å². The Morgan fingerprint density at radius 2 is 2.04 bits per heavy atom. The van der Waals surface area contributed by atoms with Crippen LogP contribution in [-0.4, -0.2) is 21.5 Å². The first-order valence-corrected chi connectivity index (χ1v) is 13.1. The summed E-state index contributed by atoms with van der Waals surface area (Å²) in [5, 5.41) is 2.38. The minimum atomic E-state index is -0.381. The summed E-state index contributed by atoms with van der Waals surface area (Å²) < 4.78 is 9.57. The Hall–Kier alpha value is 0.117. The molecule has 0 aliphatic rings. The van der Waals surface area contributed by atoms with Crippen LogP contribution in [0.4, 0.5) is 0 Å². The third kappa shape index (κ3) is 5.31. The maximum atomic E-state index is 6.56. The molecule has 1 radical (unpaired) electrons. The van der Waals surface area contributed by atoms with Gasteiger partial charge in [-0.2, -0.15) is 0 Å². The van der Waals surface area contributed by atoms with Gasteiger partial charge in [0.25, 0.3) is 0 Å². The number of thiophene rings is 1. The molecule has 0 aliphatic heterocycles. The van der Waals surface area contributed by atoms with Crippen molar-refractivity contribution in [2.24, 2.45) is 0 Å². The molecule has 1 nitrogen and oxygen atoms in total. The zero-order chi connectivity index (χ0) is 17.7. The van der Waals surface area contributed by atoms with Crippen molar-refractivity contribution in [3.63, 3.8) is 0 Å². The first kappa shape index (κ1) is 20.4. The topological polar surface area (TPSA) is 9.23 Å². The number of aryl methyl sites for hydroxylation is 1. The molecule has 0 bridgehead atoms. The second-order valence-electron chi connectivity index (χ2n) is 6.93. The highest BCUT2D eigenvalue weighted by atomic mass is 127. The molecule has 0 aliphatic carbocycles. The van der Waals surface area contributed by atoms with E-state index in [0.29, 0.717) is 0 Å². The van der Waals surface area contributed by atoms with E-state index in [1.54, 1.807) is 11.3 Å². The van der Waals surface area contributed by atoms with E-state index in [-0.39, 0.29) is 19.9 Å². The molecule has 1 atom stereocenters. The molecule has 2 rings (SSSR count). The van der Waals surface area contributed by atoms with E-state index in [1.807, 2.05) is 6.07 Å². The van der Waals surface area contributed by atoms with Crippen LogP contribution in [0.25, 0.3) is 10.1 Å². The van der Waals surface area contributed by atoms with Crippen molar-refractivity contribution >= 4 is 64.4 Å². The molecule has 1 heterocycles. The van der Waals surface area contributed by atoms with Crippen LogP contribution in [0.1, 0.15) is 25.1 Å². The van der Waals surface area contributed by atoms with Gasteiger partial charge in [-0.1, -0.05) is 79.3 Å². The van der Waals surface area contributed by atoms with E-state index in [1.165, 1.54) is 15.0 Å². The minimum absolute atomic E-state index is 0.156. The second kappa shape index (κ2) is 9.17. The van der Waals surface area contributed by atoms with E-state index >= 15 is 0 Å². The maximum Gasteiger partial charge on any atom is 0.0766 e. The number of ether oxygens (including phenoxy) is 1. The third-order valence-electron chi connectivity index (χ3n) is 4.56. The molecule has 2 aromatic rings. The largest absolute Gasteiger partial charge is 0.374 e. The zero-order valence-electron chi connectivity index (χ0n) is 14.7. The number of benzene rings is 1. The quantitative estimate of drug-likeness (QED) is 0.277. The summed E-state index contributed by atoms with van der Waals surface area (Å²) in [4.78, 5) is 1.27. The zero-order valence-corrected chi connectivity index (χ0v) is 19.5. The predicted octanol–water partition coefficient (Wildman–Crippen LogP) is 7.36. The minimum Gasteiger partial charge on any atom is -0.374 e. The summed E-state index contributed by atoms with van der Waals surface area (Å²) >= 11 is 10.6. The molecule has 1 unspecified atom stereocenters. The van der Waals surface area contributed by atoms with Crippen LogP contribution < -0.4 is 0 Å². The smallest absolute Gasteiger partial charge is 0.0766 e. The van der Waals surface area contributed by atoms with Gasteiger partial charge in [0.2, 0.25) is 0 Å². The lowest BCUT2D eigenvalue weighted by Crippen LogP contribution is -2.28. The number of hydrogen-bond acceptors (Lipinski definition) is 2. The summed E-state index contributed by atoms with van der Waals surface area (Å²) in [6.45, 7) is 10.2. The van der Waals surface area contributed by atoms with Crippen molar-refractivity contribution < 1.29 is 4.74 Å². The molecule has 0 saturated heterocycles. The molecule has 0 fully saturated rings. The van der Waals surface area contributed by atoms with Gasteiger partial charge < -0.3 is 4.74 Å². The first-order valence-electron chi connectivity index (χ1n) is 8.20.